The second-order valence-electron chi connectivity index (χ2n) is 3.80. The number of para-hydroxylation sites is 2. The van der Waals surface area contributed by atoms with Crippen LogP contribution >= 0.6 is 0 Å². The van der Waals surface area contributed by atoms with Crippen molar-refractivity contribution in [2.75, 3.05) is 7.05 Å². The highest BCUT2D eigenvalue weighted by atomic mass is 16.2. The summed E-state index contributed by atoms with van der Waals surface area (Å²) >= 11 is 0. The van der Waals surface area contributed by atoms with E-state index >= 15 is 0 Å². The smallest absolute Gasteiger partial charge is 0.271 e. The number of hydrogen-bond acceptors (Lipinski definition) is 3. The fourth-order valence-corrected chi connectivity index (χ4v) is 1.67. The van der Waals surface area contributed by atoms with Crippen molar-refractivity contribution in [3.63, 3.8) is 0 Å². The van der Waals surface area contributed by atoms with Gasteiger partial charge in [0.2, 0.25) is 5.91 Å². The van der Waals surface area contributed by atoms with Crippen LogP contribution in [0, 0.1) is 0 Å². The molecule has 1 unspecified atom stereocenters. The maximum atomic E-state index is 11.7. The summed E-state index contributed by atoms with van der Waals surface area (Å²) < 4.78 is 0. The normalized spacial score (nSPS) is 17.7. The minimum absolute atomic E-state index is 0.0909. The largest absolute Gasteiger partial charge is 0.359 e. The molecule has 0 fully saturated rings. The van der Waals surface area contributed by atoms with Crippen molar-refractivity contribution in [3.8, 4) is 0 Å². The minimum atomic E-state index is -0.526. The van der Waals surface area contributed by atoms with Crippen molar-refractivity contribution < 1.29 is 9.59 Å². The van der Waals surface area contributed by atoms with E-state index in [0.29, 0.717) is 17.1 Å². The third-order valence-electron chi connectivity index (χ3n) is 2.62. The number of carbonyl (C=O) groups is 2. The first-order valence-electron chi connectivity index (χ1n) is 5.47. The second-order valence-corrected chi connectivity index (χ2v) is 3.80. The molecule has 0 saturated heterocycles. The fourth-order valence-electron chi connectivity index (χ4n) is 1.67. The summed E-state index contributed by atoms with van der Waals surface area (Å²) in [6.07, 6.45) is 0.685. The average Bonchev–Trinajstić information content (AvgIpc) is 2.35. The highest BCUT2D eigenvalue weighted by molar-refractivity contribution is 5.84. The summed E-state index contributed by atoms with van der Waals surface area (Å²) in [5, 5.41) is 3.84. The molecule has 0 aromatic heterocycles. The van der Waals surface area contributed by atoms with Gasteiger partial charge in [-0.05, 0) is 18.6 Å². The Balaban J connectivity index is 2.20. The van der Waals surface area contributed by atoms with Crippen LogP contribution in [0.25, 0.3) is 0 Å². The van der Waals surface area contributed by atoms with Crippen LogP contribution in [0.2, 0.25) is 0 Å². The summed E-state index contributed by atoms with van der Waals surface area (Å²) in [6, 6.07) is 6.71. The highest BCUT2D eigenvalue weighted by Crippen LogP contribution is 2.05. The Hall–Kier alpha value is -2.04. The first-order chi connectivity index (χ1) is 8.20. The topological polar surface area (TPSA) is 70.9 Å². The molecular weight excluding hydrogens is 218 g/mol. The minimum Gasteiger partial charge on any atom is -0.359 e. The van der Waals surface area contributed by atoms with Gasteiger partial charge in [0.05, 0.1) is 10.7 Å². The molecule has 1 N–H and O–H groups in total. The van der Waals surface area contributed by atoms with E-state index in [1.807, 2.05) is 18.2 Å². The number of rotatable bonds is 3. The van der Waals surface area contributed by atoms with Gasteiger partial charge < -0.3 is 5.32 Å². The Kier molecular flexibility index (Phi) is 3.27. The lowest BCUT2D eigenvalue weighted by atomic mass is 10.1. The Morgan fingerprint density at radius 2 is 2.06 bits per heavy atom. The Labute approximate surface area is 98.3 Å². The lowest BCUT2D eigenvalue weighted by Crippen LogP contribution is -2.37. The van der Waals surface area contributed by atoms with E-state index < -0.39 is 6.04 Å². The van der Waals surface area contributed by atoms with E-state index in [0.717, 1.165) is 0 Å². The van der Waals surface area contributed by atoms with Gasteiger partial charge in [-0.1, -0.05) is 12.1 Å². The number of hydrogen-bond donors (Lipinski definition) is 1. The number of nitrogens with zero attached hydrogens (tertiary/aromatic N) is 2. The molecule has 88 valence electrons. The molecule has 0 bridgehead atoms. The number of fused-ring (bicyclic) bond motifs is 1. The van der Waals surface area contributed by atoms with E-state index in [1.54, 1.807) is 13.1 Å². The van der Waals surface area contributed by atoms with Crippen LogP contribution in [0.3, 0.4) is 0 Å². The van der Waals surface area contributed by atoms with Crippen molar-refractivity contribution in [1.82, 2.24) is 5.32 Å². The zero-order valence-corrected chi connectivity index (χ0v) is 9.51. The molecule has 2 rings (SSSR count). The van der Waals surface area contributed by atoms with Crippen molar-refractivity contribution >= 4 is 11.8 Å². The predicted octanol–water partition coefficient (Wildman–Crippen LogP) is -0.639. The van der Waals surface area contributed by atoms with Gasteiger partial charge in [0.1, 0.15) is 6.04 Å². The van der Waals surface area contributed by atoms with E-state index in [9.17, 15) is 9.59 Å². The van der Waals surface area contributed by atoms with Gasteiger partial charge in [0, 0.05) is 13.5 Å². The lowest BCUT2D eigenvalue weighted by molar-refractivity contribution is -0.121. The van der Waals surface area contributed by atoms with Crippen LogP contribution in [-0.4, -0.2) is 24.9 Å². The third-order valence-corrected chi connectivity index (χ3v) is 2.62. The first kappa shape index (κ1) is 11.4. The Morgan fingerprint density at radius 1 is 1.35 bits per heavy atom. The number of amides is 2. The molecule has 0 aliphatic carbocycles. The summed E-state index contributed by atoms with van der Waals surface area (Å²) in [5.74, 6) is -0.362. The van der Waals surface area contributed by atoms with Crippen LogP contribution in [-0.2, 0) is 9.59 Å². The molecule has 5 nitrogen and oxygen atoms in total. The SMILES string of the molecule is CNC(=O)CCC1N=c2ccccc2=NC1=O. The van der Waals surface area contributed by atoms with Gasteiger partial charge in [0.25, 0.3) is 5.91 Å². The molecule has 1 aliphatic heterocycles. The Bertz CT molecular complexity index is 565. The van der Waals surface area contributed by atoms with Crippen molar-refractivity contribution in [3.05, 3.63) is 35.0 Å². The van der Waals surface area contributed by atoms with Gasteiger partial charge in [-0.2, -0.15) is 0 Å². The van der Waals surface area contributed by atoms with Crippen LogP contribution in [0.15, 0.2) is 34.3 Å². The zero-order chi connectivity index (χ0) is 12.3. The van der Waals surface area contributed by atoms with Crippen LogP contribution in [0.4, 0.5) is 0 Å². The molecule has 17 heavy (non-hydrogen) atoms. The maximum absolute atomic E-state index is 11.7. The van der Waals surface area contributed by atoms with Crippen molar-refractivity contribution in [2.24, 2.45) is 9.98 Å². The van der Waals surface area contributed by atoms with Gasteiger partial charge in [-0.25, -0.2) is 4.99 Å². The molecule has 0 radical (unpaired) electrons. The van der Waals surface area contributed by atoms with Crippen LogP contribution in [0.5, 0.6) is 0 Å². The predicted molar refractivity (Wildman–Crippen MR) is 60.8 cm³/mol. The van der Waals surface area contributed by atoms with Gasteiger partial charge in [-0.3, -0.25) is 14.6 Å². The molecule has 1 aliphatic rings. The van der Waals surface area contributed by atoms with Crippen molar-refractivity contribution in [1.29, 1.82) is 0 Å². The second kappa shape index (κ2) is 4.86. The third kappa shape index (κ3) is 2.55. The van der Waals surface area contributed by atoms with Gasteiger partial charge >= 0.3 is 0 Å². The van der Waals surface area contributed by atoms with E-state index in [2.05, 4.69) is 15.3 Å². The lowest BCUT2D eigenvalue weighted by Gasteiger charge is -2.10. The van der Waals surface area contributed by atoms with Crippen LogP contribution < -0.4 is 16.0 Å². The summed E-state index contributed by atoms with van der Waals surface area (Å²) in [5.41, 5.74) is 0. The molecule has 1 atom stereocenters. The van der Waals surface area contributed by atoms with Crippen LogP contribution in [0.1, 0.15) is 12.8 Å². The molecule has 1 heterocycles. The molecule has 1 aromatic rings. The standard InChI is InChI=1S/C12H13N3O2/c1-13-11(16)7-6-10-12(17)15-9-5-3-2-4-8(9)14-10/h2-5,10H,6-7H2,1H3,(H,13,16). The highest BCUT2D eigenvalue weighted by Gasteiger charge is 2.20. The molecule has 5 heteroatoms. The number of benzene rings is 1. The van der Waals surface area contributed by atoms with Crippen molar-refractivity contribution in [2.45, 2.75) is 18.9 Å². The quantitative estimate of drug-likeness (QED) is 0.751. The molecular formula is C12H13N3O2. The van der Waals surface area contributed by atoms with E-state index in [-0.39, 0.29) is 18.2 Å². The molecule has 0 saturated carbocycles. The zero-order valence-electron chi connectivity index (χ0n) is 9.51. The molecule has 1 aromatic carbocycles. The monoisotopic (exact) mass is 231 g/mol. The Morgan fingerprint density at radius 3 is 2.76 bits per heavy atom. The average molecular weight is 231 g/mol. The summed E-state index contributed by atoms with van der Waals surface area (Å²) in [7, 11) is 1.57. The number of carbonyl (C=O) groups excluding carboxylic acids is 2. The number of nitrogens with one attached hydrogen (secondary N) is 1. The van der Waals surface area contributed by atoms with E-state index in [4.69, 9.17) is 0 Å². The fraction of sp³-hybridized carbons (Fsp3) is 0.333. The van der Waals surface area contributed by atoms with Gasteiger partial charge in [-0.15, -0.1) is 0 Å². The van der Waals surface area contributed by atoms with Gasteiger partial charge in [0.15, 0.2) is 0 Å². The summed E-state index contributed by atoms with van der Waals surface area (Å²) in [6.45, 7) is 0. The molecule has 2 amide bonds. The molecule has 0 spiro atoms. The maximum Gasteiger partial charge on any atom is 0.271 e. The van der Waals surface area contributed by atoms with E-state index in [1.165, 1.54) is 0 Å². The summed E-state index contributed by atoms with van der Waals surface area (Å²) in [4.78, 5) is 31.1. The first-order valence-corrected chi connectivity index (χ1v) is 5.47.